The van der Waals surface area contributed by atoms with E-state index < -0.39 is 11.8 Å². The van der Waals surface area contributed by atoms with Crippen molar-refractivity contribution in [3.8, 4) is 11.1 Å². The number of carbonyl (C=O) groups is 2. The first-order valence-electron chi connectivity index (χ1n) is 10.9. The number of nitrogens with zero attached hydrogens (tertiary/aromatic N) is 2. The predicted molar refractivity (Wildman–Crippen MR) is 123 cm³/mol. The molecule has 0 unspecified atom stereocenters. The van der Waals surface area contributed by atoms with Crippen molar-refractivity contribution in [3.63, 3.8) is 0 Å². The number of rotatable bonds is 4. The lowest BCUT2D eigenvalue weighted by Crippen LogP contribution is -2.73. The van der Waals surface area contributed by atoms with Gasteiger partial charge in [0.05, 0.1) is 24.4 Å². The number of hydrogen-bond acceptors (Lipinski definition) is 3. The van der Waals surface area contributed by atoms with Crippen molar-refractivity contribution in [2.24, 2.45) is 0 Å². The molecule has 2 aliphatic heterocycles. The van der Waals surface area contributed by atoms with E-state index in [1.807, 2.05) is 54.6 Å². The van der Waals surface area contributed by atoms with Gasteiger partial charge in [0.2, 0.25) is 5.91 Å². The zero-order chi connectivity index (χ0) is 22.9. The molecule has 2 saturated heterocycles. The van der Waals surface area contributed by atoms with Crippen LogP contribution in [0.2, 0.25) is 0 Å². The van der Waals surface area contributed by atoms with E-state index in [1.165, 1.54) is 17.0 Å². The summed E-state index contributed by atoms with van der Waals surface area (Å²) in [5.41, 5.74) is 3.29. The number of benzene rings is 3. The molecule has 2 aliphatic rings. The highest BCUT2D eigenvalue weighted by molar-refractivity contribution is 5.94. The summed E-state index contributed by atoms with van der Waals surface area (Å²) in [7, 11) is 0. The Bertz CT molecular complexity index is 1170. The summed E-state index contributed by atoms with van der Waals surface area (Å²) < 4.78 is 13.9. The number of piperazine rings is 1. The second-order valence-corrected chi connectivity index (χ2v) is 8.42. The smallest absolute Gasteiger partial charge is 0.322 e. The summed E-state index contributed by atoms with van der Waals surface area (Å²) in [6, 6.07) is 23.0. The number of carbonyl (C=O) groups excluding carboxylic acids is 2. The minimum Gasteiger partial charge on any atom is -0.394 e. The lowest BCUT2D eigenvalue weighted by Gasteiger charge is -2.58. The Morgan fingerprint density at radius 1 is 0.970 bits per heavy atom. The molecule has 3 aromatic rings. The van der Waals surface area contributed by atoms with E-state index >= 15 is 0 Å². The van der Waals surface area contributed by atoms with Crippen LogP contribution >= 0.6 is 0 Å². The van der Waals surface area contributed by atoms with Gasteiger partial charge in [-0.25, -0.2) is 9.18 Å². The number of aliphatic hydroxyl groups excluding tert-OH is 1. The van der Waals surface area contributed by atoms with Crippen LogP contribution in [0.5, 0.6) is 0 Å². The molecule has 2 heterocycles. The molecule has 5 rings (SSSR count). The van der Waals surface area contributed by atoms with E-state index in [1.54, 1.807) is 17.0 Å². The fourth-order valence-corrected chi connectivity index (χ4v) is 4.94. The average molecular weight is 445 g/mol. The molecular formula is C26H24FN3O3. The highest BCUT2D eigenvalue weighted by Crippen LogP contribution is 2.43. The summed E-state index contributed by atoms with van der Waals surface area (Å²) >= 11 is 0. The Morgan fingerprint density at radius 3 is 2.33 bits per heavy atom. The zero-order valence-corrected chi connectivity index (χ0v) is 17.9. The Kier molecular flexibility index (Phi) is 5.56. The van der Waals surface area contributed by atoms with Crippen LogP contribution in [-0.2, 0) is 4.79 Å². The van der Waals surface area contributed by atoms with Gasteiger partial charge in [0.1, 0.15) is 12.4 Å². The Hall–Kier alpha value is -3.71. The van der Waals surface area contributed by atoms with Gasteiger partial charge in [0.25, 0.3) is 0 Å². The van der Waals surface area contributed by atoms with Gasteiger partial charge in [-0.3, -0.25) is 4.79 Å². The molecule has 7 heteroatoms. The topological polar surface area (TPSA) is 72.9 Å². The second kappa shape index (κ2) is 8.67. The van der Waals surface area contributed by atoms with Crippen LogP contribution in [0.4, 0.5) is 14.9 Å². The van der Waals surface area contributed by atoms with Crippen molar-refractivity contribution in [3.05, 3.63) is 90.2 Å². The predicted octanol–water partition coefficient (Wildman–Crippen LogP) is 3.70. The molecule has 3 atom stereocenters. The molecule has 2 N–H and O–H groups in total. The first-order chi connectivity index (χ1) is 16.1. The van der Waals surface area contributed by atoms with Gasteiger partial charge in [-0.1, -0.05) is 66.7 Å². The van der Waals surface area contributed by atoms with Crippen molar-refractivity contribution < 1.29 is 19.1 Å². The van der Waals surface area contributed by atoms with Gasteiger partial charge in [0.15, 0.2) is 0 Å². The lowest BCUT2D eigenvalue weighted by atomic mass is 9.73. The monoisotopic (exact) mass is 445 g/mol. The Balaban J connectivity index is 1.35. The van der Waals surface area contributed by atoms with E-state index in [2.05, 4.69) is 5.32 Å². The molecule has 2 fully saturated rings. The van der Waals surface area contributed by atoms with E-state index in [4.69, 9.17) is 0 Å². The highest BCUT2D eigenvalue weighted by Gasteiger charge is 2.54. The van der Waals surface area contributed by atoms with E-state index in [0.717, 1.165) is 16.7 Å². The van der Waals surface area contributed by atoms with E-state index in [9.17, 15) is 19.1 Å². The zero-order valence-electron chi connectivity index (χ0n) is 17.9. The number of fused-ring (bicyclic) bond motifs is 1. The fraction of sp³-hybridized carbons (Fsp3) is 0.231. The molecule has 0 radical (unpaired) electrons. The molecule has 168 valence electrons. The van der Waals surface area contributed by atoms with Gasteiger partial charge in [0, 0.05) is 12.5 Å². The number of para-hydroxylation sites is 1. The Labute approximate surface area is 191 Å². The van der Waals surface area contributed by atoms with Crippen LogP contribution < -0.4 is 5.32 Å². The van der Waals surface area contributed by atoms with Gasteiger partial charge >= 0.3 is 6.03 Å². The molecule has 33 heavy (non-hydrogen) atoms. The summed E-state index contributed by atoms with van der Waals surface area (Å²) in [5, 5.41) is 12.5. The molecule has 0 aliphatic carbocycles. The van der Waals surface area contributed by atoms with Crippen LogP contribution in [-0.4, -0.2) is 58.6 Å². The standard InChI is InChI=1S/C26H24FN3O3/c27-20-8-4-5-9-21(20)28-26(33)29-14-22-25(23(16-31)30(22)24(32)15-29)19-12-10-18(11-13-19)17-6-2-1-3-7-17/h1-13,22-23,25,31H,14-16H2,(H,28,33)/t22-,23+,25-/m0/s1. The van der Waals surface area contributed by atoms with Crippen molar-refractivity contribution in [1.29, 1.82) is 0 Å². The molecule has 6 nitrogen and oxygen atoms in total. The number of amides is 3. The van der Waals surface area contributed by atoms with Crippen molar-refractivity contribution in [1.82, 2.24) is 9.80 Å². The molecule has 0 bridgehead atoms. The van der Waals surface area contributed by atoms with Gasteiger partial charge in [-0.15, -0.1) is 0 Å². The molecule has 3 amide bonds. The third-order valence-electron chi connectivity index (χ3n) is 6.56. The molecule has 0 aromatic heterocycles. The first kappa shape index (κ1) is 21.2. The number of urea groups is 1. The van der Waals surface area contributed by atoms with Crippen LogP contribution in [0.15, 0.2) is 78.9 Å². The summed E-state index contributed by atoms with van der Waals surface area (Å²) in [5.74, 6) is -0.838. The highest BCUT2D eigenvalue weighted by atomic mass is 19.1. The molecular weight excluding hydrogens is 421 g/mol. The molecule has 0 saturated carbocycles. The largest absolute Gasteiger partial charge is 0.394 e. The normalized spacial score (nSPS) is 21.9. The van der Waals surface area contributed by atoms with Crippen molar-refractivity contribution in [2.75, 3.05) is 25.0 Å². The number of hydrogen-bond donors (Lipinski definition) is 2. The Morgan fingerprint density at radius 2 is 1.64 bits per heavy atom. The van der Waals surface area contributed by atoms with Gasteiger partial charge in [-0.2, -0.15) is 0 Å². The lowest BCUT2D eigenvalue weighted by molar-refractivity contribution is -0.159. The minimum absolute atomic E-state index is 0.0762. The van der Waals surface area contributed by atoms with Crippen molar-refractivity contribution in [2.45, 2.75) is 18.0 Å². The molecule has 3 aromatic carbocycles. The maximum atomic E-state index is 13.9. The van der Waals surface area contributed by atoms with Crippen LogP contribution in [0.25, 0.3) is 11.1 Å². The maximum absolute atomic E-state index is 13.9. The van der Waals surface area contributed by atoms with E-state index in [-0.39, 0.29) is 42.7 Å². The number of anilines is 1. The van der Waals surface area contributed by atoms with Gasteiger partial charge < -0.3 is 20.2 Å². The van der Waals surface area contributed by atoms with Crippen LogP contribution in [0.3, 0.4) is 0 Å². The summed E-state index contributed by atoms with van der Waals surface area (Å²) in [6.45, 7) is 0.0648. The number of aliphatic hydroxyl groups is 1. The van der Waals surface area contributed by atoms with Crippen LogP contribution in [0, 0.1) is 5.82 Å². The quantitative estimate of drug-likeness (QED) is 0.643. The molecule has 0 spiro atoms. The minimum atomic E-state index is -0.531. The fourth-order valence-electron chi connectivity index (χ4n) is 4.94. The summed E-state index contributed by atoms with van der Waals surface area (Å²) in [6.07, 6.45) is 0. The third kappa shape index (κ3) is 3.85. The van der Waals surface area contributed by atoms with E-state index in [0.29, 0.717) is 6.54 Å². The van der Waals surface area contributed by atoms with Crippen molar-refractivity contribution >= 4 is 17.6 Å². The number of nitrogens with one attached hydrogen (secondary N) is 1. The summed E-state index contributed by atoms with van der Waals surface area (Å²) in [4.78, 5) is 28.7. The SMILES string of the molecule is O=C(Nc1ccccc1F)N1CC(=O)N2[C@H](CO)[C@@H](c3ccc(-c4ccccc4)cc3)[C@@H]2C1. The average Bonchev–Trinajstić information content (AvgIpc) is 2.82. The van der Waals surface area contributed by atoms with Gasteiger partial charge in [-0.05, 0) is 28.8 Å². The van der Waals surface area contributed by atoms with Crippen LogP contribution in [0.1, 0.15) is 11.5 Å². The number of halogens is 1. The maximum Gasteiger partial charge on any atom is 0.322 e. The second-order valence-electron chi connectivity index (χ2n) is 8.42. The first-order valence-corrected chi connectivity index (χ1v) is 10.9. The third-order valence-corrected chi connectivity index (χ3v) is 6.56.